The summed E-state index contributed by atoms with van der Waals surface area (Å²) in [5.74, 6) is 0.112. The van der Waals surface area contributed by atoms with E-state index in [1.54, 1.807) is 0 Å². The Balaban J connectivity index is 2.42. The minimum atomic E-state index is -0.679. The van der Waals surface area contributed by atoms with Crippen LogP contribution in [0.4, 0.5) is 0 Å². The van der Waals surface area contributed by atoms with E-state index in [0.29, 0.717) is 24.3 Å². The van der Waals surface area contributed by atoms with Crippen LogP contribution in [0.15, 0.2) is 30.3 Å². The van der Waals surface area contributed by atoms with Crippen LogP contribution in [0.2, 0.25) is 0 Å². The second-order valence-corrected chi connectivity index (χ2v) is 14.6. The first kappa shape index (κ1) is 44.0. The molecule has 1 amide bonds. The topological polar surface area (TPSA) is 108 Å². The molecule has 0 aromatic heterocycles. The van der Waals surface area contributed by atoms with E-state index in [1.165, 1.54) is 94.4 Å². The molecule has 0 spiro atoms. The van der Waals surface area contributed by atoms with Crippen LogP contribution in [0.5, 0.6) is 0 Å². The van der Waals surface area contributed by atoms with Gasteiger partial charge in [0.1, 0.15) is 12.7 Å². The zero-order valence-corrected chi connectivity index (χ0v) is 31.6. The lowest BCUT2D eigenvalue weighted by Crippen LogP contribution is -2.46. The molecule has 0 radical (unpaired) electrons. The molecule has 276 valence electrons. The van der Waals surface area contributed by atoms with Gasteiger partial charge in [-0.2, -0.15) is 11.8 Å². The highest BCUT2D eigenvalue weighted by atomic mass is 32.2. The standard InChI is InChI=1S/C40H70N2O5S/c1-4-6-8-10-12-14-16-18-23-27-38(43)46-31-36(47-39(44)28-24-19-17-15-13-11-9-7-5-2)32-48-33-37(41)40(45)42-34(3)29-30-35-25-21-20-22-26-35/h20-22,25-26,34,36-37H,4-19,23-24,27-33,41H2,1-3H3,(H,42,45)/t34?,36?,37-/m0/s1. The number of nitrogens with one attached hydrogen (secondary N) is 1. The second-order valence-electron chi connectivity index (χ2n) is 13.5. The van der Waals surface area contributed by atoms with Crippen LogP contribution in [0.25, 0.3) is 0 Å². The number of hydrogen-bond donors (Lipinski definition) is 2. The molecule has 0 aliphatic carbocycles. The van der Waals surface area contributed by atoms with E-state index >= 15 is 0 Å². The Morgan fingerprint density at radius 2 is 1.21 bits per heavy atom. The van der Waals surface area contributed by atoms with Crippen LogP contribution in [0.3, 0.4) is 0 Å². The van der Waals surface area contributed by atoms with E-state index < -0.39 is 12.1 Å². The van der Waals surface area contributed by atoms with Crippen molar-refractivity contribution in [3.05, 3.63) is 35.9 Å². The number of hydrogen-bond acceptors (Lipinski definition) is 7. The molecule has 1 aromatic carbocycles. The van der Waals surface area contributed by atoms with E-state index in [2.05, 4.69) is 31.3 Å². The molecule has 3 N–H and O–H groups in total. The van der Waals surface area contributed by atoms with Gasteiger partial charge < -0.3 is 20.5 Å². The highest BCUT2D eigenvalue weighted by Gasteiger charge is 2.20. The van der Waals surface area contributed by atoms with Gasteiger partial charge in [0.25, 0.3) is 0 Å². The molecule has 3 atom stereocenters. The van der Waals surface area contributed by atoms with Crippen LogP contribution in [0.1, 0.15) is 161 Å². The molecule has 7 nitrogen and oxygen atoms in total. The molecule has 48 heavy (non-hydrogen) atoms. The van der Waals surface area contributed by atoms with Gasteiger partial charge in [0.2, 0.25) is 5.91 Å². The van der Waals surface area contributed by atoms with Crippen molar-refractivity contribution in [3.63, 3.8) is 0 Å². The molecule has 0 saturated carbocycles. The third-order valence-electron chi connectivity index (χ3n) is 8.73. The zero-order valence-electron chi connectivity index (χ0n) is 30.8. The van der Waals surface area contributed by atoms with Crippen LogP contribution < -0.4 is 11.1 Å². The maximum absolute atomic E-state index is 12.7. The third kappa shape index (κ3) is 25.9. The van der Waals surface area contributed by atoms with Crippen LogP contribution >= 0.6 is 11.8 Å². The largest absolute Gasteiger partial charge is 0.462 e. The van der Waals surface area contributed by atoms with Crippen molar-refractivity contribution in [2.24, 2.45) is 5.73 Å². The molecule has 1 aromatic rings. The predicted molar refractivity (Wildman–Crippen MR) is 202 cm³/mol. The number of thioether (sulfide) groups is 1. The molecule has 1 rings (SSSR count). The number of ether oxygens (including phenoxy) is 2. The fourth-order valence-corrected chi connectivity index (χ4v) is 6.60. The van der Waals surface area contributed by atoms with Gasteiger partial charge in [-0.05, 0) is 38.2 Å². The quantitative estimate of drug-likeness (QED) is 0.0573. The first-order valence-corrected chi connectivity index (χ1v) is 20.5. The molecule has 8 heteroatoms. The summed E-state index contributed by atoms with van der Waals surface area (Å²) in [6.07, 6.45) is 23.2. The molecule has 0 heterocycles. The Hall–Kier alpha value is -2.06. The maximum Gasteiger partial charge on any atom is 0.306 e. The summed E-state index contributed by atoms with van der Waals surface area (Å²) in [5.41, 5.74) is 7.46. The van der Waals surface area contributed by atoms with E-state index in [0.717, 1.165) is 51.4 Å². The smallest absolute Gasteiger partial charge is 0.306 e. The molecule has 0 aliphatic rings. The molecule has 0 fully saturated rings. The van der Waals surface area contributed by atoms with E-state index in [9.17, 15) is 14.4 Å². The molecule has 0 bridgehead atoms. The van der Waals surface area contributed by atoms with E-state index in [4.69, 9.17) is 15.2 Å². The Morgan fingerprint density at radius 1 is 0.708 bits per heavy atom. The first-order valence-electron chi connectivity index (χ1n) is 19.4. The first-order chi connectivity index (χ1) is 23.3. The lowest BCUT2D eigenvalue weighted by molar-refractivity contribution is -0.157. The summed E-state index contributed by atoms with van der Waals surface area (Å²) >= 11 is 1.45. The SMILES string of the molecule is CCCCCCCCCCCC(=O)OCC(CSC[C@H](N)C(=O)NC(C)CCc1ccccc1)OC(=O)CCCCCCCCCCC. The minimum Gasteiger partial charge on any atom is -0.462 e. The van der Waals surface area contributed by atoms with Gasteiger partial charge in [-0.25, -0.2) is 0 Å². The number of carbonyl (C=O) groups excluding carboxylic acids is 3. The average molecular weight is 691 g/mol. The normalized spacial score (nSPS) is 13.1. The number of aryl methyl sites for hydroxylation is 1. The Kier molecular flexibility index (Phi) is 28.4. The van der Waals surface area contributed by atoms with Gasteiger partial charge in [0.05, 0.1) is 6.04 Å². The third-order valence-corrected chi connectivity index (χ3v) is 9.93. The van der Waals surface area contributed by atoms with Crippen molar-refractivity contribution in [1.29, 1.82) is 0 Å². The summed E-state index contributed by atoms with van der Waals surface area (Å²) < 4.78 is 11.3. The van der Waals surface area contributed by atoms with Crippen molar-refractivity contribution >= 4 is 29.6 Å². The van der Waals surface area contributed by atoms with Crippen LogP contribution in [0, 0.1) is 0 Å². The molecule has 2 unspecified atom stereocenters. The van der Waals surface area contributed by atoms with Gasteiger partial charge >= 0.3 is 11.9 Å². The summed E-state index contributed by atoms with van der Waals surface area (Å²) in [7, 11) is 0. The van der Waals surface area contributed by atoms with E-state index in [-0.39, 0.29) is 30.5 Å². The molecular weight excluding hydrogens is 621 g/mol. The fraction of sp³-hybridized carbons (Fsp3) is 0.775. The van der Waals surface area contributed by atoms with Crippen LogP contribution in [-0.4, -0.2) is 54.1 Å². The van der Waals surface area contributed by atoms with Gasteiger partial charge in [-0.15, -0.1) is 0 Å². The number of benzene rings is 1. The summed E-state index contributed by atoms with van der Waals surface area (Å²) in [5, 5.41) is 3.02. The van der Waals surface area contributed by atoms with Gasteiger partial charge in [-0.1, -0.05) is 147 Å². The van der Waals surface area contributed by atoms with Crippen molar-refractivity contribution in [2.45, 2.75) is 180 Å². The Bertz CT molecular complexity index is 931. The highest BCUT2D eigenvalue weighted by Crippen LogP contribution is 2.15. The number of rotatable bonds is 32. The monoisotopic (exact) mass is 691 g/mol. The number of unbranched alkanes of at least 4 members (excludes halogenated alkanes) is 16. The van der Waals surface area contributed by atoms with Crippen molar-refractivity contribution < 1.29 is 23.9 Å². The predicted octanol–water partition coefficient (Wildman–Crippen LogP) is 9.48. The second kappa shape index (κ2) is 31.0. The van der Waals surface area contributed by atoms with Gasteiger partial charge in [0, 0.05) is 30.4 Å². The highest BCUT2D eigenvalue weighted by molar-refractivity contribution is 7.99. The maximum atomic E-state index is 12.7. The molecule has 0 saturated heterocycles. The van der Waals surface area contributed by atoms with Crippen molar-refractivity contribution in [2.75, 3.05) is 18.1 Å². The number of nitrogens with two attached hydrogens (primary N) is 1. The molecule has 0 aliphatic heterocycles. The van der Waals surface area contributed by atoms with E-state index in [1.807, 2.05) is 25.1 Å². The fourth-order valence-electron chi connectivity index (χ4n) is 5.63. The van der Waals surface area contributed by atoms with Gasteiger partial charge in [-0.3, -0.25) is 14.4 Å². The lowest BCUT2D eigenvalue weighted by Gasteiger charge is -2.20. The molecular formula is C40H70N2O5S. The van der Waals surface area contributed by atoms with Crippen molar-refractivity contribution in [3.8, 4) is 0 Å². The minimum absolute atomic E-state index is 0.00808. The van der Waals surface area contributed by atoms with Crippen LogP contribution in [-0.2, 0) is 30.3 Å². The Morgan fingerprint density at radius 3 is 1.75 bits per heavy atom. The lowest BCUT2D eigenvalue weighted by atomic mass is 10.1. The number of carbonyl (C=O) groups is 3. The summed E-state index contributed by atoms with van der Waals surface area (Å²) in [6.45, 7) is 6.49. The average Bonchev–Trinajstić information content (AvgIpc) is 3.08. The summed E-state index contributed by atoms with van der Waals surface area (Å²) in [6, 6.07) is 9.54. The zero-order chi connectivity index (χ0) is 35.1. The van der Waals surface area contributed by atoms with Crippen molar-refractivity contribution in [1.82, 2.24) is 5.32 Å². The van der Waals surface area contributed by atoms with Gasteiger partial charge in [0.15, 0.2) is 0 Å². The number of amides is 1. The summed E-state index contributed by atoms with van der Waals surface area (Å²) in [4.78, 5) is 37.9. The Labute approximate surface area is 298 Å². The number of esters is 2.